The zero-order valence-corrected chi connectivity index (χ0v) is 14.0. The van der Waals surface area contributed by atoms with Crippen LogP contribution in [-0.4, -0.2) is 81.3 Å². The maximum absolute atomic E-state index is 10.9. The lowest BCUT2D eigenvalue weighted by Crippen LogP contribution is -2.65. The summed E-state index contributed by atoms with van der Waals surface area (Å²) < 4.78 is 44.7. The van der Waals surface area contributed by atoms with Crippen LogP contribution in [0, 0.1) is 0 Å². The highest BCUT2D eigenvalue weighted by atomic mass is 31.2. The summed E-state index contributed by atoms with van der Waals surface area (Å²) in [7, 11) is -16.2. The summed E-state index contributed by atoms with van der Waals surface area (Å²) >= 11 is 0. The van der Waals surface area contributed by atoms with Crippen LogP contribution < -0.4 is 0 Å². The van der Waals surface area contributed by atoms with Crippen LogP contribution in [0.5, 0.6) is 0 Å². The molecular formula is C6H15O15P3. The molecule has 6 atom stereocenters. The minimum atomic E-state index is -5.43. The largest absolute Gasteiger partial charge is 0.470 e. The van der Waals surface area contributed by atoms with Gasteiger partial charge in [0.05, 0.1) is 0 Å². The van der Waals surface area contributed by atoms with Gasteiger partial charge in [-0.25, -0.2) is 13.7 Å². The first-order valence-corrected chi connectivity index (χ1v) is 10.4. The lowest BCUT2D eigenvalue weighted by atomic mass is 9.85. The van der Waals surface area contributed by atoms with Gasteiger partial charge < -0.3 is 44.7 Å². The molecule has 0 bridgehead atoms. The van der Waals surface area contributed by atoms with E-state index >= 15 is 0 Å². The van der Waals surface area contributed by atoms with E-state index in [1.807, 2.05) is 0 Å². The van der Waals surface area contributed by atoms with Crippen LogP contribution in [0.1, 0.15) is 0 Å². The van der Waals surface area contributed by atoms with E-state index in [4.69, 9.17) is 29.4 Å². The third-order valence-electron chi connectivity index (χ3n) is 2.80. The van der Waals surface area contributed by atoms with E-state index in [2.05, 4.69) is 13.6 Å². The van der Waals surface area contributed by atoms with Crippen LogP contribution in [-0.2, 0) is 27.3 Å². The average Bonchev–Trinajstić information content (AvgIpc) is 2.32. The third-order valence-corrected chi connectivity index (χ3v) is 4.35. The van der Waals surface area contributed by atoms with Crippen molar-refractivity contribution >= 4 is 23.5 Å². The predicted octanol–water partition coefficient (Wildman–Crippen LogP) is -3.48. The second kappa shape index (κ2) is 7.45. The van der Waals surface area contributed by atoms with Crippen LogP contribution >= 0.6 is 23.5 Å². The molecule has 0 spiro atoms. The van der Waals surface area contributed by atoms with Crippen molar-refractivity contribution in [3.8, 4) is 0 Å². The summed E-state index contributed by atoms with van der Waals surface area (Å²) in [4.78, 5) is 52.4. The second-order valence-electron chi connectivity index (χ2n) is 4.65. The highest BCUT2D eigenvalue weighted by molar-refractivity contribution is 7.46. The fourth-order valence-corrected chi connectivity index (χ4v) is 3.70. The van der Waals surface area contributed by atoms with Crippen LogP contribution in [0.4, 0.5) is 0 Å². The van der Waals surface area contributed by atoms with Gasteiger partial charge in [-0.1, -0.05) is 0 Å². The van der Waals surface area contributed by atoms with Crippen LogP contribution in [0.3, 0.4) is 0 Å². The Morgan fingerprint density at radius 2 is 0.750 bits per heavy atom. The Kier molecular flexibility index (Phi) is 6.90. The van der Waals surface area contributed by atoms with Gasteiger partial charge in [-0.15, -0.1) is 0 Å². The predicted molar refractivity (Wildman–Crippen MR) is 68.8 cm³/mol. The molecule has 1 rings (SSSR count). The van der Waals surface area contributed by atoms with E-state index in [1.54, 1.807) is 0 Å². The van der Waals surface area contributed by atoms with E-state index in [9.17, 15) is 29.0 Å². The Balaban J connectivity index is 3.23. The molecule has 15 nitrogen and oxygen atoms in total. The zero-order chi connectivity index (χ0) is 19.1. The van der Waals surface area contributed by atoms with Crippen LogP contribution in [0.2, 0.25) is 0 Å². The van der Waals surface area contributed by atoms with E-state index in [1.165, 1.54) is 0 Å². The van der Waals surface area contributed by atoms with Crippen molar-refractivity contribution in [3.63, 3.8) is 0 Å². The average molecular weight is 420 g/mol. The summed E-state index contributed by atoms with van der Waals surface area (Å²) in [6.45, 7) is 0. The minimum absolute atomic E-state index is 2.32. The first kappa shape index (κ1) is 22.3. The Labute approximate surface area is 133 Å². The van der Waals surface area contributed by atoms with Crippen molar-refractivity contribution in [3.05, 3.63) is 0 Å². The molecule has 0 heterocycles. The smallest absolute Gasteiger partial charge is 0.387 e. The quantitative estimate of drug-likeness (QED) is 0.189. The van der Waals surface area contributed by atoms with E-state index < -0.39 is 60.1 Å². The van der Waals surface area contributed by atoms with Gasteiger partial charge in [0.25, 0.3) is 0 Å². The molecule has 144 valence electrons. The Bertz CT molecular complexity index is 574. The standard InChI is InChI=1S/C6H15O15P3/c7-1-2(8)5(20-23(13,14)15)6(21-24(16,17)18)3(9)4(1)19-22(10,11)12/h1-9H,(H2,10,11,12)(H2,13,14,15)(H2,16,17,18)/t1-,2+,3+,4-,5+,6+/m1/s1. The summed E-state index contributed by atoms with van der Waals surface area (Å²) in [5.41, 5.74) is 0. The highest BCUT2D eigenvalue weighted by Gasteiger charge is 2.56. The Morgan fingerprint density at radius 1 is 0.500 bits per heavy atom. The van der Waals surface area contributed by atoms with Gasteiger partial charge in [-0.2, -0.15) is 0 Å². The van der Waals surface area contributed by atoms with Gasteiger partial charge in [0, 0.05) is 0 Å². The van der Waals surface area contributed by atoms with Crippen LogP contribution in [0.15, 0.2) is 0 Å². The van der Waals surface area contributed by atoms with Gasteiger partial charge in [0.2, 0.25) is 0 Å². The van der Waals surface area contributed by atoms with Gasteiger partial charge in [0.15, 0.2) is 0 Å². The molecule has 9 N–H and O–H groups in total. The van der Waals surface area contributed by atoms with Crippen molar-refractivity contribution in [1.29, 1.82) is 0 Å². The van der Waals surface area contributed by atoms with E-state index in [0.29, 0.717) is 0 Å². The normalized spacial score (nSPS) is 35.9. The van der Waals surface area contributed by atoms with Crippen molar-refractivity contribution in [2.45, 2.75) is 36.6 Å². The molecule has 0 saturated heterocycles. The Morgan fingerprint density at radius 3 is 1.08 bits per heavy atom. The molecule has 1 saturated carbocycles. The number of hydrogen-bond acceptors (Lipinski definition) is 9. The molecule has 0 aromatic carbocycles. The molecule has 0 aliphatic heterocycles. The molecule has 0 unspecified atom stereocenters. The van der Waals surface area contributed by atoms with Crippen molar-refractivity contribution < 1.29 is 71.9 Å². The minimum Gasteiger partial charge on any atom is -0.387 e. The molecular weight excluding hydrogens is 405 g/mol. The van der Waals surface area contributed by atoms with Gasteiger partial charge in [-0.05, 0) is 0 Å². The second-order valence-corrected chi connectivity index (χ2v) is 8.23. The lowest BCUT2D eigenvalue weighted by molar-refractivity contribution is -0.212. The van der Waals surface area contributed by atoms with Crippen molar-refractivity contribution in [2.24, 2.45) is 0 Å². The van der Waals surface area contributed by atoms with Gasteiger partial charge in [0.1, 0.15) is 36.6 Å². The fourth-order valence-electron chi connectivity index (χ4n) is 2.01. The number of aliphatic hydroxyl groups is 3. The van der Waals surface area contributed by atoms with Crippen molar-refractivity contribution in [1.82, 2.24) is 0 Å². The van der Waals surface area contributed by atoms with Gasteiger partial charge in [-0.3, -0.25) is 13.6 Å². The molecule has 1 aliphatic carbocycles. The lowest BCUT2D eigenvalue weighted by Gasteiger charge is -2.44. The molecule has 24 heavy (non-hydrogen) atoms. The molecule has 1 aliphatic rings. The summed E-state index contributed by atoms with van der Waals surface area (Å²) in [6.07, 6.45) is -14.3. The van der Waals surface area contributed by atoms with Crippen molar-refractivity contribution in [2.75, 3.05) is 0 Å². The number of phosphoric acid groups is 3. The maximum atomic E-state index is 10.9. The number of hydrogen-bond donors (Lipinski definition) is 9. The maximum Gasteiger partial charge on any atom is 0.470 e. The monoisotopic (exact) mass is 420 g/mol. The first-order valence-electron chi connectivity index (χ1n) is 5.78. The molecule has 0 radical (unpaired) electrons. The first-order chi connectivity index (χ1) is 10.5. The van der Waals surface area contributed by atoms with E-state index in [0.717, 1.165) is 0 Å². The fraction of sp³-hybridized carbons (Fsp3) is 1.00. The highest BCUT2D eigenvalue weighted by Crippen LogP contribution is 2.49. The summed E-state index contributed by atoms with van der Waals surface area (Å²) in [6, 6.07) is 0. The molecule has 0 aromatic rings. The SMILES string of the molecule is O=P(O)(O)O[C@@H]1[C@H](O)[C@H](O)[C@H](OP(=O)(O)O)[C@@H](OP(=O)(O)O)[C@H]1O. The summed E-state index contributed by atoms with van der Waals surface area (Å²) in [5.74, 6) is 0. The number of phosphoric ester groups is 3. The van der Waals surface area contributed by atoms with Gasteiger partial charge >= 0.3 is 23.5 Å². The molecule has 0 amide bonds. The molecule has 18 heteroatoms. The summed E-state index contributed by atoms with van der Waals surface area (Å²) in [5, 5.41) is 29.3. The van der Waals surface area contributed by atoms with E-state index in [-0.39, 0.29) is 0 Å². The zero-order valence-electron chi connectivity index (χ0n) is 11.3. The third kappa shape index (κ3) is 6.50. The number of rotatable bonds is 6. The molecule has 1 fully saturated rings. The number of aliphatic hydroxyl groups excluding tert-OH is 3. The Hall–Kier alpha value is 0.210. The topological polar surface area (TPSA) is 261 Å². The molecule has 0 aromatic heterocycles. The van der Waals surface area contributed by atoms with Crippen LogP contribution in [0.25, 0.3) is 0 Å².